The van der Waals surface area contributed by atoms with E-state index >= 15 is 0 Å². The van der Waals surface area contributed by atoms with Crippen LogP contribution in [0.25, 0.3) is 0 Å². The highest BCUT2D eigenvalue weighted by atomic mass is 32.1. The summed E-state index contributed by atoms with van der Waals surface area (Å²) < 4.78 is 6.64. The van der Waals surface area contributed by atoms with Gasteiger partial charge in [0.25, 0.3) is 5.56 Å². The number of nitrogens with zero attached hydrogens (tertiary/aromatic N) is 3. The predicted molar refractivity (Wildman–Crippen MR) is 88.4 cm³/mol. The predicted octanol–water partition coefficient (Wildman–Crippen LogP) is 1.82. The van der Waals surface area contributed by atoms with Gasteiger partial charge in [-0.1, -0.05) is 12.8 Å². The van der Waals surface area contributed by atoms with E-state index in [-0.39, 0.29) is 11.0 Å². The molecule has 1 aliphatic rings. The lowest BCUT2D eigenvalue weighted by Crippen LogP contribution is -2.34. The minimum atomic E-state index is -0.0372. The van der Waals surface area contributed by atoms with E-state index in [4.69, 9.17) is 4.74 Å². The summed E-state index contributed by atoms with van der Waals surface area (Å²) >= 11 is 4.49. The van der Waals surface area contributed by atoms with Crippen molar-refractivity contribution in [3.8, 4) is 0 Å². The molecule has 0 spiro atoms. The van der Waals surface area contributed by atoms with Gasteiger partial charge in [0.2, 0.25) is 0 Å². The van der Waals surface area contributed by atoms with Crippen LogP contribution in [0.2, 0.25) is 0 Å². The average molecular weight is 311 g/mol. The van der Waals surface area contributed by atoms with Crippen molar-refractivity contribution in [2.75, 3.05) is 38.0 Å². The van der Waals surface area contributed by atoms with Crippen LogP contribution in [0.3, 0.4) is 0 Å². The average Bonchev–Trinajstić information content (AvgIpc) is 2.96. The molecule has 0 N–H and O–H groups in total. The molecule has 1 saturated carbocycles. The van der Waals surface area contributed by atoms with Gasteiger partial charge in [-0.2, -0.15) is 17.7 Å². The summed E-state index contributed by atoms with van der Waals surface area (Å²) in [6.07, 6.45) is 6.50. The number of hydrogen-bond donors (Lipinski definition) is 1. The zero-order chi connectivity index (χ0) is 15.3. The van der Waals surface area contributed by atoms with E-state index < -0.39 is 0 Å². The van der Waals surface area contributed by atoms with Gasteiger partial charge in [0.1, 0.15) is 0 Å². The third kappa shape index (κ3) is 4.01. The van der Waals surface area contributed by atoms with Crippen LogP contribution in [0.4, 0.5) is 5.69 Å². The van der Waals surface area contributed by atoms with Crippen molar-refractivity contribution in [1.29, 1.82) is 0 Å². The van der Waals surface area contributed by atoms with E-state index in [9.17, 15) is 4.79 Å². The van der Waals surface area contributed by atoms with Crippen molar-refractivity contribution in [2.45, 2.75) is 32.2 Å². The van der Waals surface area contributed by atoms with Gasteiger partial charge in [0, 0.05) is 26.8 Å². The summed E-state index contributed by atoms with van der Waals surface area (Å²) in [5.74, 6) is 0.816. The second-order valence-corrected chi connectivity index (χ2v) is 6.31. The molecule has 1 aromatic heterocycles. The highest BCUT2D eigenvalue weighted by molar-refractivity contribution is 7.80. The third-order valence-corrected chi connectivity index (χ3v) is 5.08. The van der Waals surface area contributed by atoms with Gasteiger partial charge >= 0.3 is 0 Å². The molecule has 1 heterocycles. The van der Waals surface area contributed by atoms with Crippen molar-refractivity contribution in [2.24, 2.45) is 5.41 Å². The monoisotopic (exact) mass is 311 g/mol. The van der Waals surface area contributed by atoms with Crippen LogP contribution in [-0.4, -0.2) is 42.8 Å². The second-order valence-electron chi connectivity index (χ2n) is 5.99. The first-order chi connectivity index (χ1) is 10.1. The van der Waals surface area contributed by atoms with Crippen LogP contribution in [0.15, 0.2) is 17.1 Å². The Labute approximate surface area is 131 Å². The smallest absolute Gasteiger partial charge is 0.268 e. The van der Waals surface area contributed by atoms with Gasteiger partial charge in [-0.3, -0.25) is 4.79 Å². The van der Waals surface area contributed by atoms with E-state index in [0.717, 1.165) is 30.8 Å². The normalized spacial score (nSPS) is 17.1. The lowest BCUT2D eigenvalue weighted by molar-refractivity contribution is 0.206. The van der Waals surface area contributed by atoms with E-state index in [2.05, 4.69) is 17.7 Å². The number of aromatic nitrogens is 2. The van der Waals surface area contributed by atoms with Gasteiger partial charge in [-0.15, -0.1) is 0 Å². The van der Waals surface area contributed by atoms with Crippen LogP contribution in [0.1, 0.15) is 25.7 Å². The second kappa shape index (κ2) is 7.31. The molecule has 0 atom stereocenters. The SMILES string of the molecule is COCCN(C)c1cnn(CC2(CS)CCCC2)c(=O)c1. The molecule has 6 heteroatoms. The van der Waals surface area contributed by atoms with E-state index in [1.165, 1.54) is 12.8 Å². The zero-order valence-corrected chi connectivity index (χ0v) is 13.8. The molecule has 1 aliphatic carbocycles. The maximum Gasteiger partial charge on any atom is 0.268 e. The van der Waals surface area contributed by atoms with Crippen LogP contribution in [0, 0.1) is 5.41 Å². The number of likely N-dealkylation sites (N-methyl/N-ethyl adjacent to an activating group) is 1. The minimum absolute atomic E-state index is 0.0372. The third-order valence-electron chi connectivity index (χ3n) is 4.41. The molecule has 0 amide bonds. The first kappa shape index (κ1) is 16.4. The topological polar surface area (TPSA) is 47.4 Å². The number of thiol groups is 1. The molecule has 0 unspecified atom stereocenters. The van der Waals surface area contributed by atoms with E-state index in [1.54, 1.807) is 24.1 Å². The molecule has 21 heavy (non-hydrogen) atoms. The number of ether oxygens (including phenoxy) is 1. The molecule has 0 aromatic carbocycles. The lowest BCUT2D eigenvalue weighted by atomic mass is 9.88. The maximum absolute atomic E-state index is 12.3. The minimum Gasteiger partial charge on any atom is -0.383 e. The van der Waals surface area contributed by atoms with Gasteiger partial charge in [-0.05, 0) is 24.0 Å². The summed E-state index contributed by atoms with van der Waals surface area (Å²) in [5.41, 5.74) is 0.938. The van der Waals surface area contributed by atoms with Crippen molar-refractivity contribution < 1.29 is 4.74 Å². The standard InChI is InChI=1S/C15H25N3O2S/c1-17(7-8-20-2)13-9-14(19)18(16-10-13)11-15(12-21)5-3-4-6-15/h9-10,21H,3-8,11-12H2,1-2H3. The largest absolute Gasteiger partial charge is 0.383 e. The number of anilines is 1. The molecule has 0 saturated heterocycles. The molecule has 1 aromatic rings. The molecular formula is C15H25N3O2S. The zero-order valence-electron chi connectivity index (χ0n) is 12.9. The Morgan fingerprint density at radius 2 is 2.19 bits per heavy atom. The maximum atomic E-state index is 12.3. The first-order valence-electron chi connectivity index (χ1n) is 7.48. The molecule has 0 radical (unpaired) electrons. The van der Waals surface area contributed by atoms with Crippen molar-refractivity contribution in [1.82, 2.24) is 9.78 Å². The molecule has 0 aliphatic heterocycles. The Balaban J connectivity index is 2.10. The molecule has 0 bridgehead atoms. The fourth-order valence-corrected chi connectivity index (χ4v) is 3.33. The van der Waals surface area contributed by atoms with Crippen LogP contribution < -0.4 is 10.5 Å². The summed E-state index contributed by atoms with van der Waals surface area (Å²) in [6, 6.07) is 1.66. The van der Waals surface area contributed by atoms with Crippen LogP contribution in [0.5, 0.6) is 0 Å². The molecule has 118 valence electrons. The Morgan fingerprint density at radius 1 is 1.48 bits per heavy atom. The highest BCUT2D eigenvalue weighted by Gasteiger charge is 2.33. The quantitative estimate of drug-likeness (QED) is 0.780. The highest BCUT2D eigenvalue weighted by Crippen LogP contribution is 2.40. The summed E-state index contributed by atoms with van der Waals surface area (Å²) in [5, 5.41) is 4.35. The molecular weight excluding hydrogens is 286 g/mol. The van der Waals surface area contributed by atoms with Gasteiger partial charge in [-0.25, -0.2) is 4.68 Å². The lowest BCUT2D eigenvalue weighted by Gasteiger charge is -2.27. The Kier molecular flexibility index (Phi) is 5.70. The van der Waals surface area contributed by atoms with E-state index in [0.29, 0.717) is 13.2 Å². The van der Waals surface area contributed by atoms with E-state index in [1.807, 2.05) is 11.9 Å². The number of methoxy groups -OCH3 is 1. The van der Waals surface area contributed by atoms with Gasteiger partial charge in [0.05, 0.1) is 25.0 Å². The fourth-order valence-electron chi connectivity index (χ4n) is 2.92. The molecule has 2 rings (SSSR count). The van der Waals surface area contributed by atoms with Crippen molar-refractivity contribution in [3.63, 3.8) is 0 Å². The first-order valence-corrected chi connectivity index (χ1v) is 8.12. The van der Waals surface area contributed by atoms with Gasteiger partial charge in [0.15, 0.2) is 0 Å². The molecule has 5 nitrogen and oxygen atoms in total. The van der Waals surface area contributed by atoms with Crippen LogP contribution >= 0.6 is 12.6 Å². The number of hydrogen-bond acceptors (Lipinski definition) is 5. The fraction of sp³-hybridized carbons (Fsp3) is 0.733. The van der Waals surface area contributed by atoms with Crippen LogP contribution in [-0.2, 0) is 11.3 Å². The Hall–Kier alpha value is -1.01. The summed E-state index contributed by atoms with van der Waals surface area (Å²) in [6.45, 7) is 2.04. The van der Waals surface area contributed by atoms with Crippen molar-refractivity contribution >= 4 is 18.3 Å². The molecule has 1 fully saturated rings. The number of rotatable bonds is 7. The Bertz CT molecular complexity index is 512. The van der Waals surface area contributed by atoms with Gasteiger partial charge < -0.3 is 9.64 Å². The Morgan fingerprint density at radius 3 is 2.76 bits per heavy atom. The van der Waals surface area contributed by atoms with Crippen molar-refractivity contribution in [3.05, 3.63) is 22.6 Å². The summed E-state index contributed by atoms with van der Waals surface area (Å²) in [4.78, 5) is 14.3. The summed E-state index contributed by atoms with van der Waals surface area (Å²) in [7, 11) is 3.61.